The number of hydrogen-bond donors (Lipinski definition) is 0. The summed E-state index contributed by atoms with van der Waals surface area (Å²) in [5.41, 5.74) is 0.720. The van der Waals surface area contributed by atoms with Crippen molar-refractivity contribution in [1.82, 2.24) is 4.90 Å². The SMILES string of the molecule is C=CCN(Cc1cccs1)C(=O)c1ccc2ccccc2c1. The quantitative estimate of drug-likeness (QED) is 0.624. The fraction of sp³-hybridized carbons (Fsp3) is 0.105. The van der Waals surface area contributed by atoms with Gasteiger partial charge in [0.1, 0.15) is 0 Å². The van der Waals surface area contributed by atoms with Crippen LogP contribution < -0.4 is 0 Å². The first kappa shape index (κ1) is 14.5. The van der Waals surface area contributed by atoms with Crippen LogP contribution in [0.3, 0.4) is 0 Å². The Bertz CT molecular complexity index is 792. The van der Waals surface area contributed by atoms with Crippen molar-refractivity contribution in [2.45, 2.75) is 6.54 Å². The lowest BCUT2D eigenvalue weighted by molar-refractivity contribution is 0.0764. The number of nitrogens with zero attached hydrogens (tertiary/aromatic N) is 1. The van der Waals surface area contributed by atoms with Gasteiger partial charge in [0.15, 0.2) is 0 Å². The molecule has 0 radical (unpaired) electrons. The zero-order valence-electron chi connectivity index (χ0n) is 12.2. The molecular weight excluding hydrogens is 290 g/mol. The highest BCUT2D eigenvalue weighted by Gasteiger charge is 2.15. The van der Waals surface area contributed by atoms with Crippen molar-refractivity contribution < 1.29 is 4.79 Å². The van der Waals surface area contributed by atoms with Crippen LogP contribution in [0.4, 0.5) is 0 Å². The van der Waals surface area contributed by atoms with Crippen LogP contribution in [0.1, 0.15) is 15.2 Å². The average molecular weight is 307 g/mol. The number of rotatable bonds is 5. The fourth-order valence-corrected chi connectivity index (χ4v) is 3.19. The Morgan fingerprint density at radius 3 is 2.64 bits per heavy atom. The molecule has 110 valence electrons. The van der Waals surface area contributed by atoms with E-state index < -0.39 is 0 Å². The molecule has 0 saturated carbocycles. The number of amides is 1. The Kier molecular flexibility index (Phi) is 4.35. The third-order valence-electron chi connectivity index (χ3n) is 3.56. The molecule has 0 bridgehead atoms. The van der Waals surface area contributed by atoms with Gasteiger partial charge in [-0.3, -0.25) is 4.79 Å². The number of benzene rings is 2. The van der Waals surface area contributed by atoms with Gasteiger partial charge in [0, 0.05) is 17.0 Å². The molecule has 0 spiro atoms. The first-order valence-electron chi connectivity index (χ1n) is 7.19. The molecule has 22 heavy (non-hydrogen) atoms. The third kappa shape index (κ3) is 3.10. The molecule has 2 nitrogen and oxygen atoms in total. The number of carbonyl (C=O) groups is 1. The van der Waals surface area contributed by atoms with Gasteiger partial charge >= 0.3 is 0 Å². The lowest BCUT2D eigenvalue weighted by atomic mass is 10.1. The number of fused-ring (bicyclic) bond motifs is 1. The summed E-state index contributed by atoms with van der Waals surface area (Å²) in [6.07, 6.45) is 1.77. The molecule has 1 heterocycles. The zero-order chi connectivity index (χ0) is 15.4. The van der Waals surface area contributed by atoms with Crippen LogP contribution in [0.15, 0.2) is 72.6 Å². The lowest BCUT2D eigenvalue weighted by Gasteiger charge is -2.20. The van der Waals surface area contributed by atoms with Crippen LogP contribution in [0.2, 0.25) is 0 Å². The second-order valence-electron chi connectivity index (χ2n) is 5.12. The van der Waals surface area contributed by atoms with Crippen LogP contribution in [0, 0.1) is 0 Å². The summed E-state index contributed by atoms with van der Waals surface area (Å²) in [6, 6.07) is 18.0. The van der Waals surface area contributed by atoms with Crippen molar-refractivity contribution in [1.29, 1.82) is 0 Å². The highest BCUT2D eigenvalue weighted by atomic mass is 32.1. The average Bonchev–Trinajstić information content (AvgIpc) is 3.06. The van der Waals surface area contributed by atoms with Gasteiger partial charge in [0.25, 0.3) is 5.91 Å². The van der Waals surface area contributed by atoms with Crippen molar-refractivity contribution in [2.24, 2.45) is 0 Å². The molecule has 3 heteroatoms. The van der Waals surface area contributed by atoms with E-state index >= 15 is 0 Å². The number of thiophene rings is 1. The van der Waals surface area contributed by atoms with Gasteiger partial charge in [-0.25, -0.2) is 0 Å². The monoisotopic (exact) mass is 307 g/mol. The first-order chi connectivity index (χ1) is 10.8. The van der Waals surface area contributed by atoms with E-state index in [4.69, 9.17) is 0 Å². The summed E-state index contributed by atoms with van der Waals surface area (Å²) in [6.45, 7) is 4.93. The van der Waals surface area contributed by atoms with Crippen molar-refractivity contribution in [3.63, 3.8) is 0 Å². The second-order valence-corrected chi connectivity index (χ2v) is 6.15. The molecule has 0 atom stereocenters. The maximum Gasteiger partial charge on any atom is 0.254 e. The Morgan fingerprint density at radius 1 is 1.09 bits per heavy atom. The molecule has 2 aromatic carbocycles. The van der Waals surface area contributed by atoms with Crippen LogP contribution in [0.25, 0.3) is 10.8 Å². The molecule has 3 rings (SSSR count). The Labute approximate surface area is 134 Å². The van der Waals surface area contributed by atoms with Crippen LogP contribution in [0.5, 0.6) is 0 Å². The van der Waals surface area contributed by atoms with E-state index in [1.807, 2.05) is 52.7 Å². The predicted molar refractivity (Wildman–Crippen MR) is 93.2 cm³/mol. The fourth-order valence-electron chi connectivity index (χ4n) is 2.47. The van der Waals surface area contributed by atoms with Gasteiger partial charge in [-0.1, -0.05) is 42.5 Å². The second kappa shape index (κ2) is 6.58. The van der Waals surface area contributed by atoms with Crippen molar-refractivity contribution in [2.75, 3.05) is 6.54 Å². The molecule has 0 unspecified atom stereocenters. The summed E-state index contributed by atoms with van der Waals surface area (Å²) in [7, 11) is 0. The summed E-state index contributed by atoms with van der Waals surface area (Å²) in [4.78, 5) is 15.8. The molecule has 1 aromatic heterocycles. The van der Waals surface area contributed by atoms with E-state index in [1.54, 1.807) is 17.4 Å². The first-order valence-corrected chi connectivity index (χ1v) is 8.07. The molecular formula is C19H17NOS. The summed E-state index contributed by atoms with van der Waals surface area (Å²) in [5, 5.41) is 4.26. The molecule has 0 aliphatic heterocycles. The van der Waals surface area contributed by atoms with Crippen LogP contribution in [-0.2, 0) is 6.54 Å². The number of hydrogen-bond acceptors (Lipinski definition) is 2. The standard InChI is InChI=1S/C19H17NOS/c1-2-11-20(14-18-8-5-12-22-18)19(21)17-10-9-15-6-3-4-7-16(15)13-17/h2-10,12-13H,1,11,14H2. The van der Waals surface area contributed by atoms with Crippen molar-refractivity contribution >= 4 is 28.0 Å². The minimum Gasteiger partial charge on any atom is -0.330 e. The third-order valence-corrected chi connectivity index (χ3v) is 4.42. The van der Waals surface area contributed by atoms with E-state index in [0.717, 1.165) is 16.3 Å². The minimum atomic E-state index is 0.0408. The summed E-state index contributed by atoms with van der Waals surface area (Å²) in [5.74, 6) is 0.0408. The van der Waals surface area contributed by atoms with Gasteiger partial charge in [-0.15, -0.1) is 17.9 Å². The minimum absolute atomic E-state index is 0.0408. The highest BCUT2D eigenvalue weighted by Crippen LogP contribution is 2.19. The van der Waals surface area contributed by atoms with E-state index in [9.17, 15) is 4.79 Å². The zero-order valence-corrected chi connectivity index (χ0v) is 13.1. The van der Waals surface area contributed by atoms with Gasteiger partial charge < -0.3 is 4.90 Å². The Hall–Kier alpha value is -2.39. The molecule has 0 saturated heterocycles. The molecule has 3 aromatic rings. The maximum absolute atomic E-state index is 12.8. The van der Waals surface area contributed by atoms with E-state index in [1.165, 1.54) is 4.88 Å². The lowest BCUT2D eigenvalue weighted by Crippen LogP contribution is -2.30. The molecule has 0 fully saturated rings. The summed E-state index contributed by atoms with van der Waals surface area (Å²) < 4.78 is 0. The van der Waals surface area contributed by atoms with Gasteiger partial charge in [-0.2, -0.15) is 0 Å². The molecule has 0 aliphatic carbocycles. The van der Waals surface area contributed by atoms with Crippen molar-refractivity contribution in [3.05, 3.63) is 83.1 Å². The number of carbonyl (C=O) groups excluding carboxylic acids is 1. The van der Waals surface area contributed by atoms with Gasteiger partial charge in [-0.05, 0) is 34.4 Å². The summed E-state index contributed by atoms with van der Waals surface area (Å²) >= 11 is 1.66. The Morgan fingerprint density at radius 2 is 1.91 bits per heavy atom. The Balaban J connectivity index is 1.88. The highest BCUT2D eigenvalue weighted by molar-refractivity contribution is 7.09. The van der Waals surface area contributed by atoms with Crippen LogP contribution in [-0.4, -0.2) is 17.4 Å². The molecule has 0 N–H and O–H groups in total. The predicted octanol–water partition coefficient (Wildman–Crippen LogP) is 4.73. The van der Waals surface area contributed by atoms with Gasteiger partial charge in [0.05, 0.1) is 6.54 Å². The van der Waals surface area contributed by atoms with Gasteiger partial charge in [0.2, 0.25) is 0 Å². The van der Waals surface area contributed by atoms with E-state index in [-0.39, 0.29) is 5.91 Å². The smallest absolute Gasteiger partial charge is 0.254 e. The van der Waals surface area contributed by atoms with E-state index in [2.05, 4.69) is 18.7 Å². The molecule has 1 amide bonds. The van der Waals surface area contributed by atoms with Crippen molar-refractivity contribution in [3.8, 4) is 0 Å². The largest absolute Gasteiger partial charge is 0.330 e. The normalized spacial score (nSPS) is 10.5. The molecule has 0 aliphatic rings. The van der Waals surface area contributed by atoms with E-state index in [0.29, 0.717) is 13.1 Å². The van der Waals surface area contributed by atoms with Crippen LogP contribution >= 0.6 is 11.3 Å². The topological polar surface area (TPSA) is 20.3 Å². The maximum atomic E-state index is 12.8.